The highest BCUT2D eigenvalue weighted by molar-refractivity contribution is 6.30. The van der Waals surface area contributed by atoms with E-state index in [9.17, 15) is 4.79 Å². The molecule has 1 aromatic carbocycles. The second-order valence-electron chi connectivity index (χ2n) is 8.57. The van der Waals surface area contributed by atoms with E-state index >= 15 is 0 Å². The van der Waals surface area contributed by atoms with Crippen molar-refractivity contribution in [1.82, 2.24) is 14.7 Å². The van der Waals surface area contributed by atoms with Crippen LogP contribution in [-0.4, -0.2) is 46.9 Å². The largest absolute Gasteiger partial charge is 0.381 e. The van der Waals surface area contributed by atoms with Gasteiger partial charge in [0.15, 0.2) is 6.10 Å². The summed E-state index contributed by atoms with van der Waals surface area (Å²) >= 11 is 6.26. The number of ether oxygens (including phenoxy) is 2. The van der Waals surface area contributed by atoms with Gasteiger partial charge in [-0.1, -0.05) is 17.7 Å². The molecule has 1 atom stereocenters. The number of amides is 1. The summed E-state index contributed by atoms with van der Waals surface area (Å²) in [7, 11) is 0. The first-order valence-electron chi connectivity index (χ1n) is 10.6. The lowest BCUT2D eigenvalue weighted by atomic mass is 9.83. The van der Waals surface area contributed by atoms with Gasteiger partial charge in [0.25, 0.3) is 5.91 Å². The summed E-state index contributed by atoms with van der Waals surface area (Å²) in [4.78, 5) is 14.4. The normalized spacial score (nSPS) is 24.2. The number of hydrogen-bond donors (Lipinski definition) is 1. The van der Waals surface area contributed by atoms with Crippen LogP contribution in [0.25, 0.3) is 0 Å². The first-order valence-corrected chi connectivity index (χ1v) is 11.0. The van der Waals surface area contributed by atoms with E-state index in [1.165, 1.54) is 5.56 Å². The van der Waals surface area contributed by atoms with Crippen molar-refractivity contribution >= 4 is 17.5 Å². The molecule has 30 heavy (non-hydrogen) atoms. The molecule has 1 unspecified atom stereocenters. The summed E-state index contributed by atoms with van der Waals surface area (Å²) < 4.78 is 13.8. The Morgan fingerprint density at radius 1 is 1.27 bits per heavy atom. The summed E-state index contributed by atoms with van der Waals surface area (Å²) in [6.45, 7) is 4.23. The minimum Gasteiger partial charge on any atom is -0.381 e. The fourth-order valence-electron chi connectivity index (χ4n) is 5.04. The SMILES string of the molecule is NC(=O)C1OC2(CCN(Cc3cnn(C4CCOCC4)c3)CC2)c2cc(Cl)ccc21. The molecular formula is C22H27ClN4O3. The molecule has 7 nitrogen and oxygen atoms in total. The molecule has 1 amide bonds. The summed E-state index contributed by atoms with van der Waals surface area (Å²) in [6, 6.07) is 6.05. The monoisotopic (exact) mass is 430 g/mol. The minimum absolute atomic E-state index is 0.441. The molecule has 0 aliphatic carbocycles. The Labute approximate surface area is 181 Å². The number of benzene rings is 1. The zero-order valence-electron chi connectivity index (χ0n) is 16.9. The van der Waals surface area contributed by atoms with Crippen LogP contribution in [0.3, 0.4) is 0 Å². The van der Waals surface area contributed by atoms with Gasteiger partial charge >= 0.3 is 0 Å². The van der Waals surface area contributed by atoms with Crippen LogP contribution in [0.15, 0.2) is 30.6 Å². The number of nitrogens with two attached hydrogens (primary N) is 1. The highest BCUT2D eigenvalue weighted by atomic mass is 35.5. The van der Waals surface area contributed by atoms with Crippen LogP contribution >= 0.6 is 11.6 Å². The number of likely N-dealkylation sites (tertiary alicyclic amines) is 1. The molecule has 8 heteroatoms. The number of primary amides is 1. The van der Waals surface area contributed by atoms with Crippen molar-refractivity contribution in [1.29, 1.82) is 0 Å². The third-order valence-electron chi connectivity index (χ3n) is 6.68. The second kappa shape index (κ2) is 7.96. The highest BCUT2D eigenvalue weighted by Gasteiger charge is 2.48. The average molecular weight is 431 g/mol. The highest BCUT2D eigenvalue weighted by Crippen LogP contribution is 2.50. The topological polar surface area (TPSA) is 82.6 Å². The van der Waals surface area contributed by atoms with Crippen molar-refractivity contribution < 1.29 is 14.3 Å². The maximum Gasteiger partial charge on any atom is 0.251 e. The first-order chi connectivity index (χ1) is 14.5. The molecule has 1 spiro atoms. The van der Waals surface area contributed by atoms with Crippen LogP contribution < -0.4 is 5.73 Å². The Balaban J connectivity index is 1.26. The molecule has 0 saturated carbocycles. The Kier molecular flexibility index (Phi) is 5.31. The minimum atomic E-state index is -0.693. The van der Waals surface area contributed by atoms with Crippen LogP contribution in [-0.2, 0) is 26.4 Å². The molecule has 160 valence electrons. The van der Waals surface area contributed by atoms with Crippen molar-refractivity contribution in [2.75, 3.05) is 26.3 Å². The standard InChI is InChI=1S/C22H27ClN4O3/c23-16-1-2-18-19(11-16)22(30-20(18)21(24)28)5-7-26(8-6-22)13-15-12-25-27(14-15)17-3-9-29-10-4-17/h1-2,11-12,14,17,20H,3-10,13H2,(H2,24,28). The zero-order chi connectivity index (χ0) is 20.7. The second-order valence-corrected chi connectivity index (χ2v) is 9.01. The number of aromatic nitrogens is 2. The third kappa shape index (κ3) is 3.64. The number of piperidine rings is 1. The molecule has 0 radical (unpaired) electrons. The molecule has 2 aromatic rings. The lowest BCUT2D eigenvalue weighted by Crippen LogP contribution is -2.42. The molecular weight excluding hydrogens is 404 g/mol. The van der Waals surface area contributed by atoms with Gasteiger partial charge in [0.1, 0.15) is 0 Å². The predicted molar refractivity (Wildman–Crippen MR) is 112 cm³/mol. The van der Waals surface area contributed by atoms with E-state index in [1.54, 1.807) is 6.07 Å². The van der Waals surface area contributed by atoms with Gasteiger partial charge in [-0.25, -0.2) is 0 Å². The average Bonchev–Trinajstić information content (AvgIpc) is 3.34. The first kappa shape index (κ1) is 20.0. The lowest BCUT2D eigenvalue weighted by molar-refractivity contribution is -0.148. The van der Waals surface area contributed by atoms with Gasteiger partial charge in [0, 0.05) is 49.6 Å². The lowest BCUT2D eigenvalue weighted by Gasteiger charge is -2.39. The fourth-order valence-corrected chi connectivity index (χ4v) is 5.21. The molecule has 3 aliphatic rings. The van der Waals surface area contributed by atoms with Crippen LogP contribution in [0, 0.1) is 0 Å². The third-order valence-corrected chi connectivity index (χ3v) is 6.92. The Morgan fingerprint density at radius 3 is 2.77 bits per heavy atom. The molecule has 1 aromatic heterocycles. The number of rotatable bonds is 4. The summed E-state index contributed by atoms with van der Waals surface area (Å²) in [5, 5.41) is 5.25. The molecule has 2 saturated heterocycles. The quantitative estimate of drug-likeness (QED) is 0.806. The van der Waals surface area contributed by atoms with Crippen LogP contribution in [0.2, 0.25) is 5.02 Å². The van der Waals surface area contributed by atoms with Crippen molar-refractivity contribution in [3.63, 3.8) is 0 Å². The van der Waals surface area contributed by atoms with E-state index in [2.05, 4.69) is 20.9 Å². The van der Waals surface area contributed by atoms with Crippen LogP contribution in [0.4, 0.5) is 0 Å². The predicted octanol–water partition coefficient (Wildman–Crippen LogP) is 2.94. The van der Waals surface area contributed by atoms with E-state index in [0.717, 1.165) is 69.7 Å². The maximum atomic E-state index is 12.0. The van der Waals surface area contributed by atoms with E-state index in [1.807, 2.05) is 18.3 Å². The Morgan fingerprint density at radius 2 is 2.03 bits per heavy atom. The molecule has 0 bridgehead atoms. The maximum absolute atomic E-state index is 12.0. The summed E-state index contributed by atoms with van der Waals surface area (Å²) in [6.07, 6.45) is 7.11. The number of carbonyl (C=O) groups excluding carboxylic acids is 1. The van der Waals surface area contributed by atoms with Gasteiger partial charge in [-0.3, -0.25) is 14.4 Å². The zero-order valence-corrected chi connectivity index (χ0v) is 17.7. The van der Waals surface area contributed by atoms with E-state index in [4.69, 9.17) is 26.8 Å². The summed E-state index contributed by atoms with van der Waals surface area (Å²) in [5.74, 6) is -0.446. The Hall–Kier alpha value is -1.93. The molecule has 4 heterocycles. The molecule has 2 N–H and O–H groups in total. The van der Waals surface area contributed by atoms with Gasteiger partial charge in [-0.05, 0) is 48.9 Å². The number of halogens is 1. The van der Waals surface area contributed by atoms with Crippen LogP contribution in [0.5, 0.6) is 0 Å². The molecule has 5 rings (SSSR count). The Bertz CT molecular complexity index is 932. The van der Waals surface area contributed by atoms with Gasteiger partial charge in [-0.15, -0.1) is 0 Å². The number of nitrogens with zero attached hydrogens (tertiary/aromatic N) is 3. The number of fused-ring (bicyclic) bond motifs is 2. The van der Waals surface area contributed by atoms with Crippen molar-refractivity contribution in [3.05, 3.63) is 52.3 Å². The molecule has 3 aliphatic heterocycles. The number of carbonyl (C=O) groups is 1. The van der Waals surface area contributed by atoms with Crippen molar-refractivity contribution in [3.8, 4) is 0 Å². The van der Waals surface area contributed by atoms with E-state index in [-0.39, 0.29) is 0 Å². The number of hydrogen-bond acceptors (Lipinski definition) is 5. The van der Waals surface area contributed by atoms with Gasteiger partial charge in [-0.2, -0.15) is 5.10 Å². The fraction of sp³-hybridized carbons (Fsp3) is 0.545. The van der Waals surface area contributed by atoms with Gasteiger partial charge in [0.05, 0.1) is 17.8 Å². The van der Waals surface area contributed by atoms with Gasteiger partial charge in [0.2, 0.25) is 0 Å². The van der Waals surface area contributed by atoms with Crippen molar-refractivity contribution in [2.24, 2.45) is 5.73 Å². The van der Waals surface area contributed by atoms with E-state index in [0.29, 0.717) is 11.1 Å². The van der Waals surface area contributed by atoms with Gasteiger partial charge < -0.3 is 15.2 Å². The van der Waals surface area contributed by atoms with E-state index < -0.39 is 17.6 Å². The van der Waals surface area contributed by atoms with Crippen molar-refractivity contribution in [2.45, 2.75) is 50.0 Å². The van der Waals surface area contributed by atoms with Crippen LogP contribution in [0.1, 0.15) is 54.5 Å². The smallest absolute Gasteiger partial charge is 0.251 e. The molecule has 2 fully saturated rings. The summed E-state index contributed by atoms with van der Waals surface area (Å²) in [5.41, 5.74) is 8.23.